The minimum absolute atomic E-state index is 0.262. The van der Waals surface area contributed by atoms with Crippen molar-refractivity contribution in [3.63, 3.8) is 0 Å². The first-order valence-electron chi connectivity index (χ1n) is 9.39. The highest BCUT2D eigenvalue weighted by Crippen LogP contribution is 2.57. The molecular formula is C26H20O2. The highest BCUT2D eigenvalue weighted by Gasteiger charge is 2.47. The van der Waals surface area contributed by atoms with Crippen molar-refractivity contribution in [2.45, 2.75) is 5.41 Å². The molecule has 0 fully saturated rings. The van der Waals surface area contributed by atoms with Gasteiger partial charge in [-0.25, -0.2) is 0 Å². The number of hydrogen-bond acceptors (Lipinski definition) is 2. The van der Waals surface area contributed by atoms with Crippen LogP contribution in [-0.4, -0.2) is 12.2 Å². The number of benzene rings is 4. The second kappa shape index (κ2) is 6.28. The molecule has 4 aromatic carbocycles. The number of hydrogen-bond donors (Lipinski definition) is 1. The molecule has 0 unspecified atom stereocenters. The zero-order chi connectivity index (χ0) is 19.1. The summed E-state index contributed by atoms with van der Waals surface area (Å²) in [6.07, 6.45) is 0. The molecular weight excluding hydrogens is 344 g/mol. The van der Waals surface area contributed by atoms with E-state index in [9.17, 15) is 5.11 Å². The quantitative estimate of drug-likeness (QED) is 0.441. The first-order valence-corrected chi connectivity index (χ1v) is 9.39. The highest BCUT2D eigenvalue weighted by atomic mass is 16.5. The van der Waals surface area contributed by atoms with Gasteiger partial charge in [0.2, 0.25) is 0 Å². The molecule has 4 aromatic rings. The van der Waals surface area contributed by atoms with Crippen molar-refractivity contribution in [3.8, 4) is 22.6 Å². The van der Waals surface area contributed by atoms with E-state index >= 15 is 0 Å². The molecule has 0 bridgehead atoms. The third kappa shape index (κ3) is 2.15. The van der Waals surface area contributed by atoms with Crippen molar-refractivity contribution in [3.05, 3.63) is 119 Å². The third-order valence-electron chi connectivity index (χ3n) is 5.76. The van der Waals surface area contributed by atoms with Crippen LogP contribution in [0.4, 0.5) is 0 Å². The van der Waals surface area contributed by atoms with Gasteiger partial charge in [-0.15, -0.1) is 0 Å². The fraction of sp³-hybridized carbons (Fsp3) is 0.0769. The maximum absolute atomic E-state index is 9.92. The van der Waals surface area contributed by atoms with Gasteiger partial charge in [-0.3, -0.25) is 0 Å². The number of ether oxygens (including phenoxy) is 1. The van der Waals surface area contributed by atoms with Crippen LogP contribution in [0.3, 0.4) is 0 Å². The summed E-state index contributed by atoms with van der Waals surface area (Å²) in [6.45, 7) is 0. The van der Waals surface area contributed by atoms with Crippen LogP contribution < -0.4 is 4.74 Å². The molecule has 0 saturated heterocycles. The van der Waals surface area contributed by atoms with Crippen LogP contribution in [0.25, 0.3) is 11.1 Å². The van der Waals surface area contributed by atoms with Gasteiger partial charge < -0.3 is 9.84 Å². The van der Waals surface area contributed by atoms with Crippen LogP contribution in [0.5, 0.6) is 11.5 Å². The number of methoxy groups -OCH3 is 1. The van der Waals surface area contributed by atoms with Crippen molar-refractivity contribution < 1.29 is 9.84 Å². The summed E-state index contributed by atoms with van der Waals surface area (Å²) < 4.78 is 5.81. The third-order valence-corrected chi connectivity index (χ3v) is 5.76. The van der Waals surface area contributed by atoms with Crippen LogP contribution in [-0.2, 0) is 5.41 Å². The SMILES string of the molecule is COc1ccccc1C1(c2ccc(O)cc2)c2ccccc2-c2ccccc21. The lowest BCUT2D eigenvalue weighted by Gasteiger charge is -2.34. The molecule has 0 atom stereocenters. The summed E-state index contributed by atoms with van der Waals surface area (Å²) in [4.78, 5) is 0. The summed E-state index contributed by atoms with van der Waals surface area (Å²) >= 11 is 0. The van der Waals surface area contributed by atoms with Gasteiger partial charge >= 0.3 is 0 Å². The number of fused-ring (bicyclic) bond motifs is 3. The molecule has 0 spiro atoms. The average molecular weight is 364 g/mol. The number of phenols is 1. The van der Waals surface area contributed by atoms with Crippen LogP contribution in [0.15, 0.2) is 97.1 Å². The minimum Gasteiger partial charge on any atom is -0.508 e. The van der Waals surface area contributed by atoms with Gasteiger partial charge in [0, 0.05) is 5.56 Å². The van der Waals surface area contributed by atoms with E-state index in [0.717, 1.165) is 16.9 Å². The van der Waals surface area contributed by atoms with Crippen molar-refractivity contribution >= 4 is 0 Å². The highest BCUT2D eigenvalue weighted by molar-refractivity contribution is 5.86. The Hall–Kier alpha value is -3.52. The van der Waals surface area contributed by atoms with E-state index in [-0.39, 0.29) is 5.75 Å². The molecule has 28 heavy (non-hydrogen) atoms. The Morgan fingerprint density at radius 3 is 1.68 bits per heavy atom. The lowest BCUT2D eigenvalue weighted by molar-refractivity contribution is 0.405. The molecule has 0 radical (unpaired) electrons. The van der Waals surface area contributed by atoms with E-state index in [1.54, 1.807) is 19.2 Å². The Morgan fingerprint density at radius 1 is 0.607 bits per heavy atom. The Bertz CT molecular complexity index is 1110. The first kappa shape index (κ1) is 16.6. The molecule has 0 saturated carbocycles. The molecule has 0 heterocycles. The Kier molecular flexibility index (Phi) is 3.73. The van der Waals surface area contributed by atoms with E-state index < -0.39 is 5.41 Å². The summed E-state index contributed by atoms with van der Waals surface area (Å²) in [7, 11) is 1.72. The number of aromatic hydroxyl groups is 1. The Morgan fingerprint density at radius 2 is 1.11 bits per heavy atom. The van der Waals surface area contributed by atoms with Crippen LogP contribution in [0.1, 0.15) is 22.3 Å². The maximum atomic E-state index is 9.92. The fourth-order valence-electron chi connectivity index (χ4n) is 4.66. The van der Waals surface area contributed by atoms with E-state index in [0.29, 0.717) is 0 Å². The molecule has 0 aliphatic heterocycles. The second-order valence-electron chi connectivity index (χ2n) is 7.09. The van der Waals surface area contributed by atoms with Crippen LogP contribution >= 0.6 is 0 Å². The monoisotopic (exact) mass is 364 g/mol. The number of para-hydroxylation sites is 1. The largest absolute Gasteiger partial charge is 0.508 e. The van der Waals surface area contributed by atoms with Crippen molar-refractivity contribution in [1.82, 2.24) is 0 Å². The Balaban J connectivity index is 1.98. The van der Waals surface area contributed by atoms with Gasteiger partial charge in [0.05, 0.1) is 12.5 Å². The smallest absolute Gasteiger partial charge is 0.123 e. The van der Waals surface area contributed by atoms with Gasteiger partial charge in [-0.2, -0.15) is 0 Å². The van der Waals surface area contributed by atoms with Gasteiger partial charge in [-0.05, 0) is 46.0 Å². The molecule has 0 amide bonds. The predicted molar refractivity (Wildman–Crippen MR) is 112 cm³/mol. The maximum Gasteiger partial charge on any atom is 0.123 e. The van der Waals surface area contributed by atoms with Crippen molar-refractivity contribution in [2.75, 3.05) is 7.11 Å². The lowest BCUT2D eigenvalue weighted by atomic mass is 9.67. The molecule has 1 N–H and O–H groups in total. The van der Waals surface area contributed by atoms with Crippen LogP contribution in [0.2, 0.25) is 0 Å². The summed E-state index contributed by atoms with van der Waals surface area (Å²) in [5.41, 5.74) is 6.62. The molecule has 0 aromatic heterocycles. The topological polar surface area (TPSA) is 29.5 Å². The fourth-order valence-corrected chi connectivity index (χ4v) is 4.66. The molecule has 1 aliphatic carbocycles. The van der Waals surface area contributed by atoms with E-state index in [1.165, 1.54) is 22.3 Å². The minimum atomic E-state index is -0.506. The van der Waals surface area contributed by atoms with Crippen molar-refractivity contribution in [2.24, 2.45) is 0 Å². The van der Waals surface area contributed by atoms with E-state index in [1.807, 2.05) is 24.3 Å². The molecule has 1 aliphatic rings. The molecule has 2 nitrogen and oxygen atoms in total. The van der Waals surface area contributed by atoms with Gasteiger partial charge in [-0.1, -0.05) is 78.9 Å². The summed E-state index contributed by atoms with van der Waals surface area (Å²) in [6, 6.07) is 32.9. The lowest BCUT2D eigenvalue weighted by Crippen LogP contribution is -2.29. The van der Waals surface area contributed by atoms with Gasteiger partial charge in [0.1, 0.15) is 11.5 Å². The molecule has 136 valence electrons. The normalized spacial score (nSPS) is 13.6. The Labute approximate surface area is 164 Å². The second-order valence-corrected chi connectivity index (χ2v) is 7.09. The summed E-state index contributed by atoms with van der Waals surface area (Å²) in [5.74, 6) is 1.11. The standard InChI is InChI=1S/C26H20O2/c1-28-25-13-7-6-12-24(25)26(18-14-16-19(27)17-15-18)22-10-4-2-8-20(22)21-9-3-5-11-23(21)26/h2-17,27H,1H3. The number of rotatable bonds is 3. The molecule has 2 heteroatoms. The van der Waals surface area contributed by atoms with Gasteiger partial charge in [0.25, 0.3) is 0 Å². The zero-order valence-corrected chi connectivity index (χ0v) is 15.6. The predicted octanol–water partition coefficient (Wildman–Crippen LogP) is 5.76. The van der Waals surface area contributed by atoms with E-state index in [4.69, 9.17) is 4.74 Å². The summed E-state index contributed by atoms with van der Waals surface area (Å²) in [5, 5.41) is 9.92. The first-order chi connectivity index (χ1) is 13.8. The van der Waals surface area contributed by atoms with Gasteiger partial charge in [0.15, 0.2) is 0 Å². The zero-order valence-electron chi connectivity index (χ0n) is 15.6. The molecule has 5 rings (SSSR count). The van der Waals surface area contributed by atoms with E-state index in [2.05, 4.69) is 60.7 Å². The van der Waals surface area contributed by atoms with Crippen LogP contribution in [0, 0.1) is 0 Å². The number of phenolic OH excluding ortho intramolecular Hbond substituents is 1. The van der Waals surface area contributed by atoms with Crippen molar-refractivity contribution in [1.29, 1.82) is 0 Å². The average Bonchev–Trinajstić information content (AvgIpc) is 3.06.